The number of methoxy groups -OCH3 is 1. The highest BCUT2D eigenvalue weighted by molar-refractivity contribution is 5.86. The summed E-state index contributed by atoms with van der Waals surface area (Å²) >= 11 is 0. The molecule has 1 rings (SSSR count). The topological polar surface area (TPSA) is 58.6 Å². The molecular weight excluding hydrogens is 242 g/mol. The Morgan fingerprint density at radius 2 is 2.21 bits per heavy atom. The zero-order chi connectivity index (χ0) is 14.1. The smallest absolute Gasteiger partial charge is 0.328 e. The molecule has 102 valence electrons. The van der Waals surface area contributed by atoms with Crippen LogP contribution in [0.2, 0.25) is 0 Å². The highest BCUT2D eigenvalue weighted by Crippen LogP contribution is 2.22. The molecule has 0 saturated carbocycles. The van der Waals surface area contributed by atoms with Gasteiger partial charge in [0.2, 0.25) is 0 Å². The highest BCUT2D eigenvalue weighted by Gasteiger charge is 2.00. The fourth-order valence-electron chi connectivity index (χ4n) is 1.59. The van der Waals surface area contributed by atoms with Crippen LogP contribution < -0.4 is 10.1 Å². The number of carboxylic acids is 1. The lowest BCUT2D eigenvalue weighted by atomic mass is 10.1. The van der Waals surface area contributed by atoms with Crippen molar-refractivity contribution in [3.63, 3.8) is 0 Å². The molecule has 0 saturated heterocycles. The van der Waals surface area contributed by atoms with Crippen LogP contribution in [-0.4, -0.2) is 31.8 Å². The third kappa shape index (κ3) is 5.40. The maximum atomic E-state index is 10.6. The van der Waals surface area contributed by atoms with Crippen molar-refractivity contribution in [3.05, 3.63) is 41.5 Å². The molecule has 4 heteroatoms. The van der Waals surface area contributed by atoms with Crippen LogP contribution >= 0.6 is 0 Å². The molecule has 0 radical (unpaired) electrons. The summed E-state index contributed by atoms with van der Waals surface area (Å²) in [6, 6.07) is 5.67. The summed E-state index contributed by atoms with van der Waals surface area (Å²) in [5.74, 6) is -0.318. The molecule has 0 fully saturated rings. The minimum absolute atomic E-state index is 0.657. The van der Waals surface area contributed by atoms with Gasteiger partial charge < -0.3 is 15.2 Å². The van der Waals surface area contributed by atoms with E-state index in [9.17, 15) is 4.79 Å². The van der Waals surface area contributed by atoms with E-state index >= 15 is 0 Å². The first-order valence-electron chi connectivity index (χ1n) is 6.07. The van der Waals surface area contributed by atoms with Gasteiger partial charge in [0.15, 0.2) is 0 Å². The van der Waals surface area contributed by atoms with E-state index in [0.29, 0.717) is 5.75 Å². The van der Waals surface area contributed by atoms with Gasteiger partial charge in [0.25, 0.3) is 0 Å². The molecule has 0 heterocycles. The number of ether oxygens (including phenoxy) is 1. The lowest BCUT2D eigenvalue weighted by Gasteiger charge is -2.05. The van der Waals surface area contributed by atoms with Gasteiger partial charge in [-0.1, -0.05) is 18.2 Å². The molecular formula is C15H19NO3. The maximum Gasteiger partial charge on any atom is 0.328 e. The second kappa shape index (κ2) is 8.11. The average Bonchev–Trinajstić information content (AvgIpc) is 2.41. The Labute approximate surface area is 113 Å². The fraction of sp³-hybridized carbons (Fsp3) is 0.267. The molecule has 0 atom stereocenters. The van der Waals surface area contributed by atoms with Gasteiger partial charge in [-0.25, -0.2) is 4.79 Å². The predicted molar refractivity (Wildman–Crippen MR) is 77.2 cm³/mol. The number of aliphatic carboxylic acids is 1. The van der Waals surface area contributed by atoms with Gasteiger partial charge in [-0.15, -0.1) is 0 Å². The summed E-state index contributed by atoms with van der Waals surface area (Å²) in [5, 5.41) is 11.7. The van der Waals surface area contributed by atoms with E-state index in [-0.39, 0.29) is 0 Å². The summed E-state index contributed by atoms with van der Waals surface area (Å²) in [7, 11) is 3.48. The summed E-state index contributed by atoms with van der Waals surface area (Å²) in [6.07, 6.45) is 7.67. The molecule has 19 heavy (non-hydrogen) atoms. The third-order valence-corrected chi connectivity index (χ3v) is 2.53. The molecule has 0 unspecified atom stereocenters. The number of hydrogen-bond acceptors (Lipinski definition) is 3. The Bertz CT molecular complexity index is 478. The van der Waals surface area contributed by atoms with Gasteiger partial charge in [0.1, 0.15) is 5.75 Å². The van der Waals surface area contributed by atoms with Gasteiger partial charge >= 0.3 is 5.97 Å². The Morgan fingerprint density at radius 1 is 1.42 bits per heavy atom. The van der Waals surface area contributed by atoms with E-state index in [2.05, 4.69) is 11.4 Å². The Balaban J connectivity index is 2.88. The van der Waals surface area contributed by atoms with Gasteiger partial charge in [0.05, 0.1) is 7.11 Å². The second-order valence-corrected chi connectivity index (χ2v) is 3.97. The molecule has 0 aliphatic heterocycles. The van der Waals surface area contributed by atoms with E-state index in [0.717, 1.165) is 30.2 Å². The van der Waals surface area contributed by atoms with Gasteiger partial charge in [0, 0.05) is 11.6 Å². The molecule has 1 aromatic rings. The lowest BCUT2D eigenvalue weighted by molar-refractivity contribution is -0.131. The van der Waals surface area contributed by atoms with E-state index in [4.69, 9.17) is 9.84 Å². The largest absolute Gasteiger partial charge is 0.496 e. The van der Waals surface area contributed by atoms with Crippen LogP contribution in [0, 0.1) is 0 Å². The second-order valence-electron chi connectivity index (χ2n) is 3.97. The van der Waals surface area contributed by atoms with Crippen LogP contribution in [-0.2, 0) is 4.79 Å². The van der Waals surface area contributed by atoms with Gasteiger partial charge in [-0.3, -0.25) is 0 Å². The van der Waals surface area contributed by atoms with Crippen LogP contribution in [0.5, 0.6) is 5.75 Å². The minimum atomic E-state index is -0.975. The van der Waals surface area contributed by atoms with Crippen molar-refractivity contribution >= 4 is 18.1 Å². The highest BCUT2D eigenvalue weighted by atomic mass is 16.5. The summed E-state index contributed by atoms with van der Waals surface area (Å²) in [5.41, 5.74) is 1.77. The predicted octanol–water partition coefficient (Wildman–Crippen LogP) is 2.42. The number of carbonyl (C=O) groups is 1. The SMILES string of the molecule is CNCCC=Cc1ccc(OC)c(/C=C/C(=O)O)c1. The van der Waals surface area contributed by atoms with Crippen molar-refractivity contribution in [2.24, 2.45) is 0 Å². The molecule has 0 bridgehead atoms. The van der Waals surface area contributed by atoms with Gasteiger partial charge in [-0.05, 0) is 43.8 Å². The van der Waals surface area contributed by atoms with Crippen molar-refractivity contribution in [1.82, 2.24) is 5.32 Å². The molecule has 0 aliphatic rings. The van der Waals surface area contributed by atoms with E-state index in [1.807, 2.05) is 31.3 Å². The summed E-state index contributed by atoms with van der Waals surface area (Å²) in [6.45, 7) is 0.929. The van der Waals surface area contributed by atoms with E-state index < -0.39 is 5.97 Å². The van der Waals surface area contributed by atoms with E-state index in [1.165, 1.54) is 6.08 Å². The van der Waals surface area contributed by atoms with Crippen LogP contribution in [0.1, 0.15) is 17.5 Å². The number of hydrogen-bond donors (Lipinski definition) is 2. The van der Waals surface area contributed by atoms with E-state index in [1.54, 1.807) is 7.11 Å². The average molecular weight is 261 g/mol. The van der Waals surface area contributed by atoms with Crippen molar-refractivity contribution in [2.75, 3.05) is 20.7 Å². The molecule has 0 aromatic heterocycles. The molecule has 0 amide bonds. The summed E-state index contributed by atoms with van der Waals surface area (Å²) < 4.78 is 5.20. The number of rotatable bonds is 7. The van der Waals surface area contributed by atoms with Crippen molar-refractivity contribution < 1.29 is 14.6 Å². The standard InChI is InChI=1S/C15H19NO3/c1-16-10-4-3-5-12-6-8-14(19-2)13(11-12)7-9-15(17)18/h3,5-9,11,16H,4,10H2,1-2H3,(H,17,18)/b5-3?,9-7+. The van der Waals surface area contributed by atoms with Crippen molar-refractivity contribution in [3.8, 4) is 5.75 Å². The number of nitrogens with one attached hydrogen (secondary N) is 1. The first kappa shape index (κ1) is 15.0. The molecule has 0 aliphatic carbocycles. The zero-order valence-corrected chi connectivity index (χ0v) is 11.2. The monoisotopic (exact) mass is 261 g/mol. The van der Waals surface area contributed by atoms with Crippen molar-refractivity contribution in [2.45, 2.75) is 6.42 Å². The lowest BCUT2D eigenvalue weighted by Crippen LogP contribution is -2.05. The molecule has 2 N–H and O–H groups in total. The van der Waals surface area contributed by atoms with Gasteiger partial charge in [-0.2, -0.15) is 0 Å². The number of benzene rings is 1. The number of carboxylic acid groups (broad SMARTS) is 1. The van der Waals surface area contributed by atoms with Crippen LogP contribution in [0.3, 0.4) is 0 Å². The Morgan fingerprint density at radius 3 is 2.84 bits per heavy atom. The Hall–Kier alpha value is -2.07. The van der Waals surface area contributed by atoms with Crippen LogP contribution in [0.15, 0.2) is 30.4 Å². The normalized spacial score (nSPS) is 11.3. The first-order chi connectivity index (χ1) is 9.17. The fourth-order valence-corrected chi connectivity index (χ4v) is 1.59. The maximum absolute atomic E-state index is 10.6. The molecule has 1 aromatic carbocycles. The Kier molecular flexibility index (Phi) is 6.39. The van der Waals surface area contributed by atoms with Crippen LogP contribution in [0.25, 0.3) is 12.2 Å². The minimum Gasteiger partial charge on any atom is -0.496 e. The third-order valence-electron chi connectivity index (χ3n) is 2.53. The quantitative estimate of drug-likeness (QED) is 0.584. The zero-order valence-electron chi connectivity index (χ0n) is 11.2. The van der Waals surface area contributed by atoms with Crippen molar-refractivity contribution in [1.29, 1.82) is 0 Å². The van der Waals surface area contributed by atoms with Crippen LogP contribution in [0.4, 0.5) is 0 Å². The summed E-state index contributed by atoms with van der Waals surface area (Å²) in [4.78, 5) is 10.6. The molecule has 0 spiro atoms. The first-order valence-corrected chi connectivity index (χ1v) is 6.07. The molecule has 4 nitrogen and oxygen atoms in total.